The minimum atomic E-state index is -0.681. The number of carbonyl (C=O) groups is 1. The molecule has 2 aromatic carbocycles. The number of nitro groups is 1. The largest absolute Gasteiger partial charge is 0.320 e. The molecule has 0 radical (unpaired) electrons. The summed E-state index contributed by atoms with van der Waals surface area (Å²) < 4.78 is 1.23. The van der Waals surface area contributed by atoms with Crippen LogP contribution in [0.2, 0.25) is 0 Å². The van der Waals surface area contributed by atoms with Gasteiger partial charge in [0.15, 0.2) is 5.69 Å². The summed E-state index contributed by atoms with van der Waals surface area (Å²) in [6, 6.07) is 14.5. The molecule has 3 aromatic rings. The Labute approximate surface area is 167 Å². The average molecular weight is 392 g/mol. The van der Waals surface area contributed by atoms with Gasteiger partial charge in [0.05, 0.1) is 4.92 Å². The molecule has 29 heavy (non-hydrogen) atoms. The van der Waals surface area contributed by atoms with Crippen molar-refractivity contribution in [3.63, 3.8) is 0 Å². The Kier molecular flexibility index (Phi) is 5.54. The normalized spacial score (nSPS) is 10.8. The van der Waals surface area contributed by atoms with Gasteiger partial charge in [0.1, 0.15) is 5.69 Å². The molecule has 8 heteroatoms. The summed E-state index contributed by atoms with van der Waals surface area (Å²) in [4.78, 5) is 35.8. The maximum atomic E-state index is 12.6. The van der Waals surface area contributed by atoms with Crippen LogP contribution in [0.5, 0.6) is 0 Å². The molecule has 0 saturated heterocycles. The van der Waals surface area contributed by atoms with Crippen molar-refractivity contribution in [2.75, 3.05) is 5.32 Å². The number of nitrogens with zero attached hydrogens (tertiary/aromatic N) is 3. The molecule has 0 unspecified atom stereocenters. The number of hydrogen-bond acceptors (Lipinski definition) is 5. The number of anilines is 1. The van der Waals surface area contributed by atoms with Crippen molar-refractivity contribution >= 4 is 17.3 Å². The SMILES string of the molecule is Cc1cc(=O)c(C(=O)Nc2ccc(C(C)C)cc2)nn1-c1ccccc1[N+](=O)[O-]. The molecular formula is C21H20N4O4. The summed E-state index contributed by atoms with van der Waals surface area (Å²) in [5.41, 5.74) is 1.11. The van der Waals surface area contributed by atoms with E-state index in [0.717, 1.165) is 5.56 Å². The van der Waals surface area contributed by atoms with Gasteiger partial charge in [-0.3, -0.25) is 19.7 Å². The Bertz CT molecular complexity index is 1130. The van der Waals surface area contributed by atoms with Crippen molar-refractivity contribution in [2.45, 2.75) is 26.7 Å². The Morgan fingerprint density at radius 2 is 1.79 bits per heavy atom. The van der Waals surface area contributed by atoms with Crippen molar-refractivity contribution in [3.8, 4) is 5.69 Å². The molecule has 1 amide bonds. The fourth-order valence-corrected chi connectivity index (χ4v) is 2.89. The number of nitro benzene ring substituents is 1. The molecule has 1 N–H and O–H groups in total. The third-order valence-electron chi connectivity index (χ3n) is 4.46. The van der Waals surface area contributed by atoms with Gasteiger partial charge in [-0.1, -0.05) is 38.1 Å². The molecule has 0 atom stereocenters. The van der Waals surface area contributed by atoms with Crippen LogP contribution in [-0.4, -0.2) is 20.6 Å². The number of nitrogens with one attached hydrogen (secondary N) is 1. The number of amides is 1. The number of aromatic nitrogens is 2. The second-order valence-electron chi connectivity index (χ2n) is 6.89. The summed E-state index contributed by atoms with van der Waals surface area (Å²) >= 11 is 0. The Morgan fingerprint density at radius 3 is 2.41 bits per heavy atom. The number of para-hydroxylation sites is 2. The van der Waals surface area contributed by atoms with Gasteiger partial charge in [-0.25, -0.2) is 4.68 Å². The lowest BCUT2D eigenvalue weighted by atomic mass is 10.0. The van der Waals surface area contributed by atoms with Crippen LogP contribution < -0.4 is 10.7 Å². The molecule has 0 bridgehead atoms. The molecular weight excluding hydrogens is 372 g/mol. The molecule has 1 heterocycles. The molecule has 8 nitrogen and oxygen atoms in total. The van der Waals surface area contributed by atoms with Crippen LogP contribution in [0.1, 0.15) is 41.5 Å². The molecule has 3 rings (SSSR count). The van der Waals surface area contributed by atoms with E-state index in [1.165, 1.54) is 28.9 Å². The molecule has 0 fully saturated rings. The van der Waals surface area contributed by atoms with Gasteiger partial charge in [-0.15, -0.1) is 0 Å². The quantitative estimate of drug-likeness (QED) is 0.525. The van der Waals surface area contributed by atoms with Crippen LogP contribution in [0.3, 0.4) is 0 Å². The van der Waals surface area contributed by atoms with E-state index in [4.69, 9.17) is 0 Å². The fourth-order valence-electron chi connectivity index (χ4n) is 2.89. The van der Waals surface area contributed by atoms with Crippen LogP contribution >= 0.6 is 0 Å². The highest BCUT2D eigenvalue weighted by atomic mass is 16.6. The highest BCUT2D eigenvalue weighted by Crippen LogP contribution is 2.22. The minimum Gasteiger partial charge on any atom is -0.320 e. The number of hydrogen-bond donors (Lipinski definition) is 1. The van der Waals surface area contributed by atoms with Crippen LogP contribution in [-0.2, 0) is 0 Å². The van der Waals surface area contributed by atoms with E-state index in [1.54, 1.807) is 25.1 Å². The number of aryl methyl sites for hydroxylation is 1. The van der Waals surface area contributed by atoms with Gasteiger partial charge >= 0.3 is 0 Å². The summed E-state index contributed by atoms with van der Waals surface area (Å²) in [7, 11) is 0. The van der Waals surface area contributed by atoms with Crippen molar-refractivity contribution < 1.29 is 9.72 Å². The highest BCUT2D eigenvalue weighted by molar-refractivity contribution is 6.02. The van der Waals surface area contributed by atoms with Gasteiger partial charge in [0, 0.05) is 23.5 Å². The first-order chi connectivity index (χ1) is 13.8. The van der Waals surface area contributed by atoms with E-state index in [9.17, 15) is 19.7 Å². The Hall–Kier alpha value is -3.81. The predicted molar refractivity (Wildman–Crippen MR) is 110 cm³/mol. The van der Waals surface area contributed by atoms with Crippen molar-refractivity contribution in [2.24, 2.45) is 0 Å². The van der Waals surface area contributed by atoms with Crippen LogP contribution in [0.4, 0.5) is 11.4 Å². The minimum absolute atomic E-state index is 0.172. The molecule has 0 aliphatic heterocycles. The van der Waals surface area contributed by atoms with Crippen molar-refractivity contribution in [1.82, 2.24) is 9.78 Å². The van der Waals surface area contributed by atoms with E-state index in [0.29, 0.717) is 17.3 Å². The second kappa shape index (κ2) is 8.05. The number of carbonyl (C=O) groups excluding carboxylic acids is 1. The van der Waals surface area contributed by atoms with Gasteiger partial charge in [0.2, 0.25) is 5.43 Å². The monoisotopic (exact) mass is 392 g/mol. The predicted octanol–water partition coefficient (Wildman–Crippen LogP) is 3.82. The average Bonchev–Trinajstić information content (AvgIpc) is 2.68. The van der Waals surface area contributed by atoms with Crippen LogP contribution in [0.25, 0.3) is 5.69 Å². The van der Waals surface area contributed by atoms with E-state index in [1.807, 2.05) is 12.1 Å². The van der Waals surface area contributed by atoms with Gasteiger partial charge in [-0.2, -0.15) is 5.10 Å². The molecule has 0 spiro atoms. The molecule has 0 aliphatic carbocycles. The van der Waals surface area contributed by atoms with Gasteiger partial charge < -0.3 is 5.32 Å². The summed E-state index contributed by atoms with van der Waals surface area (Å²) in [5.74, 6) is -0.327. The van der Waals surface area contributed by atoms with Crippen LogP contribution in [0, 0.1) is 17.0 Å². The lowest BCUT2D eigenvalue weighted by molar-refractivity contribution is -0.384. The van der Waals surface area contributed by atoms with Crippen molar-refractivity contribution in [1.29, 1.82) is 0 Å². The first-order valence-electron chi connectivity index (χ1n) is 9.04. The zero-order valence-electron chi connectivity index (χ0n) is 16.2. The summed E-state index contributed by atoms with van der Waals surface area (Å²) in [6.45, 7) is 5.72. The number of benzene rings is 2. The van der Waals surface area contributed by atoms with Crippen molar-refractivity contribution in [3.05, 3.63) is 91.9 Å². The van der Waals surface area contributed by atoms with Gasteiger partial charge in [0.25, 0.3) is 11.6 Å². The first kappa shape index (κ1) is 19.9. The van der Waals surface area contributed by atoms with Crippen LogP contribution in [0.15, 0.2) is 59.4 Å². The molecule has 1 aromatic heterocycles. The maximum absolute atomic E-state index is 12.6. The van der Waals surface area contributed by atoms with E-state index in [2.05, 4.69) is 24.3 Å². The lowest BCUT2D eigenvalue weighted by Crippen LogP contribution is -2.27. The fraction of sp³-hybridized carbons (Fsp3) is 0.190. The van der Waals surface area contributed by atoms with E-state index < -0.39 is 16.3 Å². The molecule has 148 valence electrons. The first-order valence-corrected chi connectivity index (χ1v) is 9.04. The third kappa shape index (κ3) is 4.21. The Morgan fingerprint density at radius 1 is 1.14 bits per heavy atom. The summed E-state index contributed by atoms with van der Waals surface area (Å²) in [5, 5.41) is 18.1. The zero-order valence-corrected chi connectivity index (χ0v) is 16.2. The topological polar surface area (TPSA) is 107 Å². The lowest BCUT2D eigenvalue weighted by Gasteiger charge is -2.12. The maximum Gasteiger partial charge on any atom is 0.294 e. The van der Waals surface area contributed by atoms with E-state index >= 15 is 0 Å². The zero-order chi connectivity index (χ0) is 21.1. The molecule has 0 saturated carbocycles. The Balaban J connectivity index is 1.98. The van der Waals surface area contributed by atoms with E-state index in [-0.39, 0.29) is 17.1 Å². The second-order valence-corrected chi connectivity index (χ2v) is 6.89. The highest BCUT2D eigenvalue weighted by Gasteiger charge is 2.20. The molecule has 0 aliphatic rings. The standard InChI is InChI=1S/C21H20N4O4/c1-13(2)15-8-10-16(11-9-15)22-21(27)20-19(26)12-14(3)24(23-20)17-6-4-5-7-18(17)25(28)29/h4-13H,1-3H3,(H,22,27). The van der Waals surface area contributed by atoms with Gasteiger partial charge in [-0.05, 0) is 36.6 Å². The smallest absolute Gasteiger partial charge is 0.294 e. The summed E-state index contributed by atoms with van der Waals surface area (Å²) in [6.07, 6.45) is 0. The number of rotatable bonds is 5. The third-order valence-corrected chi connectivity index (χ3v) is 4.46.